The maximum Gasteiger partial charge on any atom is 0.244 e. The average molecular weight is 285 g/mol. The second-order valence-corrected chi connectivity index (χ2v) is 5.51. The lowest BCUT2D eigenvalue weighted by Crippen LogP contribution is -2.39. The fraction of sp³-hybridized carbons (Fsp3) is 0.545. The number of aromatic nitrogens is 1. The third kappa shape index (κ3) is 2.74. The molecule has 1 amide bonds. The molecule has 2 heterocycles. The molecule has 7 heteroatoms. The van der Waals surface area contributed by atoms with E-state index in [1.807, 2.05) is 11.0 Å². The molecule has 0 saturated carbocycles. The third-order valence-corrected chi connectivity index (χ3v) is 4.09. The quantitative estimate of drug-likeness (QED) is 0.923. The Morgan fingerprint density at radius 2 is 2.28 bits per heavy atom. The molecule has 1 aliphatic heterocycles. The molecule has 1 aliphatic rings. The van der Waals surface area contributed by atoms with Crippen molar-refractivity contribution in [2.45, 2.75) is 25.8 Å². The van der Waals surface area contributed by atoms with E-state index in [0.29, 0.717) is 10.0 Å². The van der Waals surface area contributed by atoms with Crippen LogP contribution in [0, 0.1) is 11.3 Å². The second-order valence-electron chi connectivity index (χ2n) is 4.15. The van der Waals surface area contributed by atoms with Crippen LogP contribution in [0.25, 0.3) is 0 Å². The van der Waals surface area contributed by atoms with Gasteiger partial charge in [0.25, 0.3) is 0 Å². The summed E-state index contributed by atoms with van der Waals surface area (Å²) in [6.07, 6.45) is 2.14. The van der Waals surface area contributed by atoms with Crippen molar-refractivity contribution in [3.63, 3.8) is 0 Å². The Hall–Kier alpha value is -1.32. The number of nitrogens with one attached hydrogen (secondary N) is 1. The number of amides is 1. The predicted octanol–water partition coefficient (Wildman–Crippen LogP) is 2.09. The minimum absolute atomic E-state index is 0.0670. The van der Waals surface area contributed by atoms with Crippen molar-refractivity contribution in [2.24, 2.45) is 0 Å². The largest absolute Gasteiger partial charge is 0.350 e. The summed E-state index contributed by atoms with van der Waals surface area (Å²) < 4.78 is 0. The lowest BCUT2D eigenvalue weighted by Gasteiger charge is -2.20. The van der Waals surface area contributed by atoms with Crippen LogP contribution in [0.1, 0.15) is 24.6 Å². The fourth-order valence-corrected chi connectivity index (χ4v) is 2.92. The fourth-order valence-electron chi connectivity index (χ4n) is 1.89. The lowest BCUT2D eigenvalue weighted by atomic mass is 10.3. The van der Waals surface area contributed by atoms with E-state index in [1.165, 1.54) is 0 Å². The molecule has 1 aromatic heterocycles. The van der Waals surface area contributed by atoms with Gasteiger partial charge in [-0.15, -0.1) is 0 Å². The summed E-state index contributed by atoms with van der Waals surface area (Å²) in [6, 6.07) is 1.61. The number of rotatable bonds is 3. The standard InChI is InChI=1S/C11H13ClN4OS/c1-7(10(17)16-4-2-3-5-16)14-11-15-9(12)8(6-13)18-11/h7H,2-5H2,1H3,(H,14,15). The summed E-state index contributed by atoms with van der Waals surface area (Å²) in [7, 11) is 0. The van der Waals surface area contributed by atoms with Crippen molar-refractivity contribution in [2.75, 3.05) is 18.4 Å². The SMILES string of the molecule is CC(Nc1nc(Cl)c(C#N)s1)C(=O)N1CCCC1. The monoisotopic (exact) mass is 284 g/mol. The van der Waals surface area contributed by atoms with Crippen LogP contribution in [0.2, 0.25) is 5.15 Å². The molecule has 18 heavy (non-hydrogen) atoms. The van der Waals surface area contributed by atoms with E-state index in [2.05, 4.69) is 10.3 Å². The van der Waals surface area contributed by atoms with Gasteiger partial charge in [0.1, 0.15) is 17.0 Å². The number of nitrogens with zero attached hydrogens (tertiary/aromatic N) is 3. The highest BCUT2D eigenvalue weighted by Gasteiger charge is 2.24. The van der Waals surface area contributed by atoms with Gasteiger partial charge in [0.2, 0.25) is 5.91 Å². The highest BCUT2D eigenvalue weighted by atomic mass is 35.5. The van der Waals surface area contributed by atoms with Crippen LogP contribution in [0.3, 0.4) is 0 Å². The number of halogens is 1. The zero-order chi connectivity index (χ0) is 13.1. The Balaban J connectivity index is 1.99. The molecular formula is C11H13ClN4OS. The van der Waals surface area contributed by atoms with Crippen LogP contribution < -0.4 is 5.32 Å². The minimum atomic E-state index is -0.350. The van der Waals surface area contributed by atoms with Crippen molar-refractivity contribution in [3.05, 3.63) is 10.0 Å². The number of anilines is 1. The summed E-state index contributed by atoms with van der Waals surface area (Å²) in [5.41, 5.74) is 0. The number of carbonyl (C=O) groups excluding carboxylic acids is 1. The topological polar surface area (TPSA) is 69.0 Å². The van der Waals surface area contributed by atoms with E-state index in [1.54, 1.807) is 6.92 Å². The first kappa shape index (κ1) is 13.1. The van der Waals surface area contributed by atoms with Gasteiger partial charge >= 0.3 is 0 Å². The first-order chi connectivity index (χ1) is 8.61. The van der Waals surface area contributed by atoms with Crippen molar-refractivity contribution >= 4 is 34.0 Å². The van der Waals surface area contributed by atoms with Gasteiger partial charge in [-0.05, 0) is 19.8 Å². The molecule has 1 atom stereocenters. The van der Waals surface area contributed by atoms with E-state index in [0.717, 1.165) is 37.3 Å². The highest BCUT2D eigenvalue weighted by Crippen LogP contribution is 2.26. The molecule has 5 nitrogen and oxygen atoms in total. The molecular weight excluding hydrogens is 272 g/mol. The van der Waals surface area contributed by atoms with Crippen LogP contribution >= 0.6 is 22.9 Å². The summed E-state index contributed by atoms with van der Waals surface area (Å²) in [6.45, 7) is 3.45. The number of nitriles is 1. The van der Waals surface area contributed by atoms with Gasteiger partial charge in [0.05, 0.1) is 0 Å². The van der Waals surface area contributed by atoms with Gasteiger partial charge in [0.15, 0.2) is 10.3 Å². The van der Waals surface area contributed by atoms with Gasteiger partial charge in [-0.3, -0.25) is 4.79 Å². The maximum absolute atomic E-state index is 12.1. The summed E-state index contributed by atoms with van der Waals surface area (Å²) in [4.78, 5) is 18.3. The maximum atomic E-state index is 12.1. The number of carbonyl (C=O) groups is 1. The summed E-state index contributed by atoms with van der Waals surface area (Å²) in [5, 5.41) is 12.5. The first-order valence-electron chi connectivity index (χ1n) is 5.73. The molecule has 0 radical (unpaired) electrons. The number of hydrogen-bond donors (Lipinski definition) is 1. The number of thiazole rings is 1. The van der Waals surface area contributed by atoms with Crippen molar-refractivity contribution in [1.82, 2.24) is 9.88 Å². The minimum Gasteiger partial charge on any atom is -0.350 e. The average Bonchev–Trinajstić information content (AvgIpc) is 2.97. The normalized spacial score (nSPS) is 16.4. The second kappa shape index (κ2) is 5.55. The van der Waals surface area contributed by atoms with E-state index in [-0.39, 0.29) is 17.1 Å². The molecule has 1 fully saturated rings. The Labute approximate surface area is 114 Å². The lowest BCUT2D eigenvalue weighted by molar-refractivity contribution is -0.130. The molecule has 0 aliphatic carbocycles. The van der Waals surface area contributed by atoms with Crippen molar-refractivity contribution in [3.8, 4) is 6.07 Å². The van der Waals surface area contributed by atoms with Crippen molar-refractivity contribution in [1.29, 1.82) is 5.26 Å². The number of likely N-dealkylation sites (tertiary alicyclic amines) is 1. The van der Waals surface area contributed by atoms with Gasteiger partial charge in [0, 0.05) is 13.1 Å². The van der Waals surface area contributed by atoms with E-state index in [9.17, 15) is 4.79 Å². The number of hydrogen-bond acceptors (Lipinski definition) is 5. The van der Waals surface area contributed by atoms with Crippen LogP contribution in [0.5, 0.6) is 0 Å². The van der Waals surface area contributed by atoms with Gasteiger partial charge in [-0.1, -0.05) is 22.9 Å². The predicted molar refractivity (Wildman–Crippen MR) is 70.7 cm³/mol. The van der Waals surface area contributed by atoms with Crippen molar-refractivity contribution < 1.29 is 4.79 Å². The smallest absolute Gasteiger partial charge is 0.244 e. The van der Waals surface area contributed by atoms with Gasteiger partial charge < -0.3 is 10.2 Å². The van der Waals surface area contributed by atoms with Crippen LogP contribution in [0.4, 0.5) is 5.13 Å². The molecule has 0 aromatic carbocycles. The molecule has 96 valence electrons. The van der Waals surface area contributed by atoms with E-state index in [4.69, 9.17) is 16.9 Å². The Morgan fingerprint density at radius 1 is 1.61 bits per heavy atom. The molecule has 1 aromatic rings. The van der Waals surface area contributed by atoms with Crippen LogP contribution in [-0.4, -0.2) is 34.9 Å². The molecule has 2 rings (SSSR count). The highest BCUT2D eigenvalue weighted by molar-refractivity contribution is 7.16. The third-order valence-electron chi connectivity index (χ3n) is 2.82. The molecule has 1 N–H and O–H groups in total. The zero-order valence-electron chi connectivity index (χ0n) is 9.94. The summed E-state index contributed by atoms with van der Waals surface area (Å²) >= 11 is 6.94. The van der Waals surface area contributed by atoms with Crippen LogP contribution in [0.15, 0.2) is 0 Å². The van der Waals surface area contributed by atoms with E-state index >= 15 is 0 Å². The van der Waals surface area contributed by atoms with Gasteiger partial charge in [-0.25, -0.2) is 4.98 Å². The first-order valence-corrected chi connectivity index (χ1v) is 6.93. The Bertz CT molecular complexity index is 490. The van der Waals surface area contributed by atoms with Crippen LogP contribution in [-0.2, 0) is 4.79 Å². The summed E-state index contributed by atoms with van der Waals surface area (Å²) in [5.74, 6) is 0.0670. The molecule has 0 spiro atoms. The van der Waals surface area contributed by atoms with E-state index < -0.39 is 0 Å². The molecule has 0 bridgehead atoms. The zero-order valence-corrected chi connectivity index (χ0v) is 11.5. The molecule has 1 saturated heterocycles. The Morgan fingerprint density at radius 3 is 2.83 bits per heavy atom. The van der Waals surface area contributed by atoms with Gasteiger partial charge in [-0.2, -0.15) is 5.26 Å². The Kier molecular flexibility index (Phi) is 4.04. The molecule has 1 unspecified atom stereocenters.